The average Bonchev–Trinajstić information content (AvgIpc) is 2.75. The van der Waals surface area contributed by atoms with E-state index in [1.165, 1.54) is 24.7 Å². The minimum atomic E-state index is -0.824. The molecule has 0 aliphatic carbocycles. The summed E-state index contributed by atoms with van der Waals surface area (Å²) in [7, 11) is 0. The van der Waals surface area contributed by atoms with Crippen LogP contribution in [0.1, 0.15) is 26.4 Å². The van der Waals surface area contributed by atoms with Crippen molar-refractivity contribution in [2.24, 2.45) is 0 Å². The van der Waals surface area contributed by atoms with E-state index < -0.39 is 17.8 Å². The number of fused-ring (bicyclic) bond motifs is 1. The Kier molecular flexibility index (Phi) is 3.56. The van der Waals surface area contributed by atoms with E-state index in [1.54, 1.807) is 12.1 Å². The van der Waals surface area contributed by atoms with Crippen LogP contribution in [0, 0.1) is 0 Å². The predicted octanol–water partition coefficient (Wildman–Crippen LogP) is 1.43. The highest BCUT2D eigenvalue weighted by molar-refractivity contribution is 6.31. The fraction of sp³-hybridized carbons (Fsp3) is 0.0714. The van der Waals surface area contributed by atoms with Crippen molar-refractivity contribution in [1.82, 2.24) is 15.0 Å². The van der Waals surface area contributed by atoms with Crippen molar-refractivity contribution in [3.8, 4) is 0 Å². The molecule has 0 fully saturated rings. The number of hydrogen-bond donors (Lipinski definition) is 0. The summed E-state index contributed by atoms with van der Waals surface area (Å²) < 4.78 is 0. The second kappa shape index (κ2) is 5.53. The van der Waals surface area contributed by atoms with Crippen LogP contribution in [0.5, 0.6) is 0 Å². The quantitative estimate of drug-likeness (QED) is 0.795. The van der Waals surface area contributed by atoms with Gasteiger partial charge in [-0.15, -0.1) is 0 Å². The van der Waals surface area contributed by atoms with Crippen molar-refractivity contribution in [2.75, 3.05) is 0 Å². The SMILES string of the molecule is O=C(Cc1ncncc1Cl)ON1C(=O)c2ccccc2C1=O. The van der Waals surface area contributed by atoms with E-state index in [0.717, 1.165) is 0 Å². The average molecular weight is 318 g/mol. The maximum atomic E-state index is 12.0. The standard InChI is InChI=1S/C14H8ClN3O4/c15-10-6-16-7-17-11(10)5-12(19)22-18-13(20)8-3-1-2-4-9(8)14(18)21/h1-4,6-7H,5H2. The Morgan fingerprint density at radius 3 is 2.41 bits per heavy atom. The molecule has 0 radical (unpaired) electrons. The maximum Gasteiger partial charge on any atom is 0.339 e. The van der Waals surface area contributed by atoms with Crippen LogP contribution < -0.4 is 0 Å². The van der Waals surface area contributed by atoms with Gasteiger partial charge in [-0.1, -0.05) is 28.8 Å². The molecule has 0 unspecified atom stereocenters. The molecule has 22 heavy (non-hydrogen) atoms. The fourth-order valence-electron chi connectivity index (χ4n) is 1.99. The summed E-state index contributed by atoms with van der Waals surface area (Å²) >= 11 is 5.84. The molecule has 1 aromatic heterocycles. The molecule has 3 rings (SSSR count). The third kappa shape index (κ3) is 2.42. The van der Waals surface area contributed by atoms with Gasteiger partial charge in [0.05, 0.1) is 28.3 Å². The minimum Gasteiger partial charge on any atom is -0.329 e. The molecule has 1 aliphatic rings. The van der Waals surface area contributed by atoms with Gasteiger partial charge in [0.1, 0.15) is 6.33 Å². The van der Waals surface area contributed by atoms with Gasteiger partial charge >= 0.3 is 5.97 Å². The number of hydrogen-bond acceptors (Lipinski definition) is 6. The topological polar surface area (TPSA) is 89.5 Å². The zero-order valence-electron chi connectivity index (χ0n) is 11.0. The van der Waals surface area contributed by atoms with Crippen LogP contribution in [0.15, 0.2) is 36.8 Å². The first-order valence-electron chi connectivity index (χ1n) is 6.21. The van der Waals surface area contributed by atoms with Crippen LogP contribution in [-0.4, -0.2) is 32.8 Å². The summed E-state index contributed by atoms with van der Waals surface area (Å²) in [5, 5.41) is 0.643. The van der Waals surface area contributed by atoms with Gasteiger partial charge in [-0.05, 0) is 12.1 Å². The summed E-state index contributed by atoms with van der Waals surface area (Å²) in [6.07, 6.45) is 2.28. The highest BCUT2D eigenvalue weighted by atomic mass is 35.5. The van der Waals surface area contributed by atoms with Gasteiger partial charge < -0.3 is 4.84 Å². The zero-order valence-corrected chi connectivity index (χ0v) is 11.8. The molecule has 2 amide bonds. The number of rotatable bonds is 3. The fourth-order valence-corrected chi connectivity index (χ4v) is 2.16. The maximum absolute atomic E-state index is 12.0. The van der Waals surface area contributed by atoms with Gasteiger partial charge in [0.25, 0.3) is 11.8 Å². The lowest BCUT2D eigenvalue weighted by atomic mass is 10.1. The van der Waals surface area contributed by atoms with Crippen molar-refractivity contribution in [3.05, 3.63) is 58.6 Å². The number of aromatic nitrogens is 2. The number of carbonyl (C=O) groups is 3. The second-order valence-corrected chi connectivity index (χ2v) is 4.81. The summed E-state index contributed by atoms with van der Waals surface area (Å²) in [5.74, 6) is -2.18. The van der Waals surface area contributed by atoms with Gasteiger partial charge in [-0.3, -0.25) is 9.59 Å². The summed E-state index contributed by atoms with van der Waals surface area (Å²) in [6, 6.07) is 6.22. The third-order valence-electron chi connectivity index (χ3n) is 3.01. The molecule has 0 saturated carbocycles. The molecule has 2 heterocycles. The van der Waals surface area contributed by atoms with Crippen LogP contribution >= 0.6 is 11.6 Å². The van der Waals surface area contributed by atoms with Crippen molar-refractivity contribution in [1.29, 1.82) is 0 Å². The Labute approximate surface area is 129 Å². The lowest BCUT2D eigenvalue weighted by Crippen LogP contribution is -2.33. The molecule has 110 valence electrons. The first-order valence-corrected chi connectivity index (χ1v) is 6.58. The number of nitrogens with zero attached hydrogens (tertiary/aromatic N) is 3. The first kappa shape index (κ1) is 14.2. The third-order valence-corrected chi connectivity index (χ3v) is 3.32. The Bertz CT molecular complexity index is 758. The molecule has 0 N–H and O–H groups in total. The van der Waals surface area contributed by atoms with Gasteiger partial charge in [0.15, 0.2) is 0 Å². The van der Waals surface area contributed by atoms with E-state index >= 15 is 0 Å². The molecule has 1 aromatic carbocycles. The van der Waals surface area contributed by atoms with E-state index in [4.69, 9.17) is 16.4 Å². The second-order valence-electron chi connectivity index (χ2n) is 4.41. The van der Waals surface area contributed by atoms with E-state index in [-0.39, 0.29) is 28.3 Å². The molecule has 0 bridgehead atoms. The molecular formula is C14H8ClN3O4. The number of amides is 2. The van der Waals surface area contributed by atoms with Crippen LogP contribution in [-0.2, 0) is 16.1 Å². The normalized spacial score (nSPS) is 13.2. The van der Waals surface area contributed by atoms with Gasteiger partial charge in [-0.25, -0.2) is 14.8 Å². The minimum absolute atomic E-state index is 0.195. The van der Waals surface area contributed by atoms with Crippen LogP contribution in [0.3, 0.4) is 0 Å². The van der Waals surface area contributed by atoms with Crippen LogP contribution in [0.2, 0.25) is 5.02 Å². The molecule has 8 heteroatoms. The predicted molar refractivity (Wildman–Crippen MR) is 73.8 cm³/mol. The summed E-state index contributed by atoms with van der Waals surface area (Å²) in [4.78, 5) is 48.3. The van der Waals surface area contributed by atoms with Crippen molar-refractivity contribution in [2.45, 2.75) is 6.42 Å². The Hall–Kier alpha value is -2.80. The van der Waals surface area contributed by atoms with Crippen molar-refractivity contribution >= 4 is 29.4 Å². The highest BCUT2D eigenvalue weighted by Gasteiger charge is 2.38. The molecule has 0 atom stereocenters. The molecule has 0 saturated heterocycles. The largest absolute Gasteiger partial charge is 0.339 e. The highest BCUT2D eigenvalue weighted by Crippen LogP contribution is 2.23. The molecule has 2 aromatic rings. The summed E-state index contributed by atoms with van der Waals surface area (Å²) in [6.45, 7) is 0. The number of imide groups is 1. The lowest BCUT2D eigenvalue weighted by molar-refractivity contribution is -0.167. The number of halogens is 1. The van der Waals surface area contributed by atoms with Crippen LogP contribution in [0.4, 0.5) is 0 Å². The Morgan fingerprint density at radius 2 is 1.82 bits per heavy atom. The monoisotopic (exact) mass is 317 g/mol. The Balaban J connectivity index is 1.75. The number of carbonyl (C=O) groups excluding carboxylic acids is 3. The smallest absolute Gasteiger partial charge is 0.329 e. The van der Waals surface area contributed by atoms with Gasteiger partial charge in [0.2, 0.25) is 0 Å². The van der Waals surface area contributed by atoms with E-state index in [9.17, 15) is 14.4 Å². The molecular weight excluding hydrogens is 310 g/mol. The van der Waals surface area contributed by atoms with Crippen LogP contribution in [0.25, 0.3) is 0 Å². The molecule has 7 nitrogen and oxygen atoms in total. The van der Waals surface area contributed by atoms with Crippen molar-refractivity contribution < 1.29 is 19.2 Å². The van der Waals surface area contributed by atoms with Gasteiger partial charge in [0, 0.05) is 6.20 Å². The van der Waals surface area contributed by atoms with E-state index in [0.29, 0.717) is 5.06 Å². The van der Waals surface area contributed by atoms with Gasteiger partial charge in [-0.2, -0.15) is 0 Å². The number of hydroxylamine groups is 2. The first-order chi connectivity index (χ1) is 10.6. The molecule has 0 spiro atoms. The van der Waals surface area contributed by atoms with E-state index in [2.05, 4.69) is 9.97 Å². The van der Waals surface area contributed by atoms with Crippen molar-refractivity contribution in [3.63, 3.8) is 0 Å². The Morgan fingerprint density at radius 1 is 1.18 bits per heavy atom. The number of benzene rings is 1. The summed E-state index contributed by atoms with van der Waals surface area (Å²) in [5.41, 5.74) is 0.638. The zero-order chi connectivity index (χ0) is 15.7. The molecule has 1 aliphatic heterocycles. The lowest BCUT2D eigenvalue weighted by Gasteiger charge is -2.12. The van der Waals surface area contributed by atoms with E-state index in [1.807, 2.05) is 0 Å².